The predicted molar refractivity (Wildman–Crippen MR) is 82.0 cm³/mol. The van der Waals surface area contributed by atoms with Crippen LogP contribution in [0.5, 0.6) is 5.88 Å². The second-order valence-corrected chi connectivity index (χ2v) is 4.71. The number of para-hydroxylation sites is 1. The van der Waals surface area contributed by atoms with Crippen LogP contribution in [0.4, 0.5) is 5.95 Å². The van der Waals surface area contributed by atoms with Crippen LogP contribution in [0.1, 0.15) is 12.0 Å². The number of pyridine rings is 1. The standard InChI is InChI=1S/C16H16N4O/c17-16-19-14-6-2-1-5-13(14)15(20-16)21-11-3-4-12-7-9-18-10-8-12/h1-2,5-10H,3-4,11H2,(H2,17,19,20). The number of nitrogens with two attached hydrogens (primary N) is 1. The van der Waals surface area contributed by atoms with Gasteiger partial charge in [0.25, 0.3) is 0 Å². The summed E-state index contributed by atoms with van der Waals surface area (Å²) in [6.45, 7) is 0.586. The summed E-state index contributed by atoms with van der Waals surface area (Å²) in [6.07, 6.45) is 5.45. The summed E-state index contributed by atoms with van der Waals surface area (Å²) >= 11 is 0. The van der Waals surface area contributed by atoms with E-state index in [9.17, 15) is 0 Å². The fourth-order valence-corrected chi connectivity index (χ4v) is 2.17. The summed E-state index contributed by atoms with van der Waals surface area (Å²) in [5, 5.41) is 0.885. The zero-order valence-corrected chi connectivity index (χ0v) is 11.6. The van der Waals surface area contributed by atoms with Gasteiger partial charge in [-0.2, -0.15) is 4.98 Å². The van der Waals surface area contributed by atoms with Gasteiger partial charge in [0.15, 0.2) is 0 Å². The highest BCUT2D eigenvalue weighted by Gasteiger charge is 2.06. The van der Waals surface area contributed by atoms with E-state index in [2.05, 4.69) is 15.0 Å². The van der Waals surface area contributed by atoms with E-state index in [4.69, 9.17) is 10.5 Å². The zero-order valence-electron chi connectivity index (χ0n) is 11.6. The van der Waals surface area contributed by atoms with Crippen molar-refractivity contribution in [1.29, 1.82) is 0 Å². The van der Waals surface area contributed by atoms with Crippen molar-refractivity contribution in [3.8, 4) is 5.88 Å². The molecule has 0 aliphatic carbocycles. The number of rotatable bonds is 5. The minimum atomic E-state index is 0.234. The smallest absolute Gasteiger partial charge is 0.226 e. The molecule has 2 aromatic heterocycles. The van der Waals surface area contributed by atoms with E-state index in [1.807, 2.05) is 36.4 Å². The second-order valence-electron chi connectivity index (χ2n) is 4.71. The van der Waals surface area contributed by atoms with E-state index < -0.39 is 0 Å². The summed E-state index contributed by atoms with van der Waals surface area (Å²) < 4.78 is 5.78. The Hall–Kier alpha value is -2.69. The lowest BCUT2D eigenvalue weighted by molar-refractivity contribution is 0.303. The molecular weight excluding hydrogens is 264 g/mol. The molecule has 0 amide bonds. The lowest BCUT2D eigenvalue weighted by atomic mass is 10.1. The van der Waals surface area contributed by atoms with Crippen LogP contribution in [0.15, 0.2) is 48.8 Å². The Bertz CT molecular complexity index is 731. The first-order valence-electron chi connectivity index (χ1n) is 6.87. The van der Waals surface area contributed by atoms with Crippen LogP contribution in [0.25, 0.3) is 10.9 Å². The number of aromatic nitrogens is 3. The van der Waals surface area contributed by atoms with E-state index in [0.29, 0.717) is 12.5 Å². The molecule has 0 fully saturated rings. The van der Waals surface area contributed by atoms with Crippen LogP contribution in [0.2, 0.25) is 0 Å². The van der Waals surface area contributed by atoms with E-state index in [0.717, 1.165) is 23.7 Å². The van der Waals surface area contributed by atoms with Gasteiger partial charge in [-0.15, -0.1) is 0 Å². The highest BCUT2D eigenvalue weighted by atomic mass is 16.5. The molecule has 0 atom stereocenters. The van der Waals surface area contributed by atoms with Gasteiger partial charge in [0.2, 0.25) is 11.8 Å². The van der Waals surface area contributed by atoms with Gasteiger partial charge in [0, 0.05) is 12.4 Å². The van der Waals surface area contributed by atoms with Gasteiger partial charge in [-0.1, -0.05) is 12.1 Å². The van der Waals surface area contributed by atoms with E-state index in [-0.39, 0.29) is 5.95 Å². The van der Waals surface area contributed by atoms with Crippen LogP contribution in [0, 0.1) is 0 Å². The Labute approximate surface area is 122 Å². The van der Waals surface area contributed by atoms with Crippen LogP contribution in [-0.2, 0) is 6.42 Å². The number of hydrogen-bond acceptors (Lipinski definition) is 5. The molecule has 0 radical (unpaired) electrons. The first-order chi connectivity index (χ1) is 10.3. The molecule has 0 aliphatic heterocycles. The van der Waals surface area contributed by atoms with Crippen LogP contribution < -0.4 is 10.5 Å². The normalized spacial score (nSPS) is 10.7. The highest BCUT2D eigenvalue weighted by Crippen LogP contribution is 2.22. The second kappa shape index (κ2) is 6.17. The number of nitrogen functional groups attached to an aromatic ring is 1. The average Bonchev–Trinajstić information content (AvgIpc) is 2.52. The molecule has 5 nitrogen and oxygen atoms in total. The molecule has 2 heterocycles. The molecule has 0 saturated carbocycles. The SMILES string of the molecule is Nc1nc(OCCCc2ccncc2)c2ccccc2n1. The van der Waals surface area contributed by atoms with Crippen LogP contribution in [-0.4, -0.2) is 21.6 Å². The summed E-state index contributed by atoms with van der Waals surface area (Å²) in [5.41, 5.74) is 7.76. The predicted octanol–water partition coefficient (Wildman–Crippen LogP) is 2.62. The quantitative estimate of drug-likeness (QED) is 0.727. The first kappa shape index (κ1) is 13.3. The third kappa shape index (κ3) is 3.25. The molecule has 0 bridgehead atoms. The lowest BCUT2D eigenvalue weighted by Crippen LogP contribution is -2.04. The molecule has 0 aliphatic rings. The fraction of sp³-hybridized carbons (Fsp3) is 0.188. The Morgan fingerprint density at radius 2 is 1.81 bits per heavy atom. The number of hydrogen-bond donors (Lipinski definition) is 1. The van der Waals surface area contributed by atoms with Gasteiger partial charge >= 0.3 is 0 Å². The van der Waals surface area contributed by atoms with E-state index in [1.165, 1.54) is 5.56 Å². The molecule has 106 valence electrons. The Morgan fingerprint density at radius 3 is 2.67 bits per heavy atom. The van der Waals surface area contributed by atoms with Crippen LogP contribution in [0.3, 0.4) is 0 Å². The largest absolute Gasteiger partial charge is 0.477 e. The van der Waals surface area contributed by atoms with Crippen LogP contribution >= 0.6 is 0 Å². The maximum atomic E-state index is 5.78. The number of aryl methyl sites for hydroxylation is 1. The first-order valence-corrected chi connectivity index (χ1v) is 6.87. The number of benzene rings is 1. The zero-order chi connectivity index (χ0) is 14.5. The Balaban J connectivity index is 1.65. The molecular formula is C16H16N4O. The third-order valence-corrected chi connectivity index (χ3v) is 3.18. The number of nitrogens with zero attached hydrogens (tertiary/aromatic N) is 3. The van der Waals surface area contributed by atoms with Gasteiger partial charge in [-0.3, -0.25) is 4.98 Å². The molecule has 5 heteroatoms. The maximum absolute atomic E-state index is 5.78. The van der Waals surface area contributed by atoms with Crippen molar-refractivity contribution in [3.05, 3.63) is 54.4 Å². The number of fused-ring (bicyclic) bond motifs is 1. The van der Waals surface area contributed by atoms with Crippen molar-refractivity contribution in [2.24, 2.45) is 0 Å². The fourth-order valence-electron chi connectivity index (χ4n) is 2.17. The van der Waals surface area contributed by atoms with Gasteiger partial charge in [-0.05, 0) is 42.7 Å². The van der Waals surface area contributed by atoms with Gasteiger partial charge in [-0.25, -0.2) is 4.98 Å². The molecule has 1 aromatic carbocycles. The molecule has 2 N–H and O–H groups in total. The van der Waals surface area contributed by atoms with Crippen molar-refractivity contribution < 1.29 is 4.74 Å². The highest BCUT2D eigenvalue weighted by molar-refractivity contribution is 5.84. The Kier molecular flexibility index (Phi) is 3.91. The van der Waals surface area contributed by atoms with Crippen molar-refractivity contribution in [2.75, 3.05) is 12.3 Å². The summed E-state index contributed by atoms with van der Waals surface area (Å²) in [7, 11) is 0. The minimum absolute atomic E-state index is 0.234. The average molecular weight is 280 g/mol. The van der Waals surface area contributed by atoms with Gasteiger partial charge in [0.05, 0.1) is 17.5 Å². The lowest BCUT2D eigenvalue weighted by Gasteiger charge is -2.08. The van der Waals surface area contributed by atoms with E-state index >= 15 is 0 Å². The van der Waals surface area contributed by atoms with Gasteiger partial charge in [0.1, 0.15) is 0 Å². The molecule has 0 saturated heterocycles. The third-order valence-electron chi connectivity index (χ3n) is 3.18. The monoisotopic (exact) mass is 280 g/mol. The summed E-state index contributed by atoms with van der Waals surface area (Å²) in [4.78, 5) is 12.4. The molecule has 21 heavy (non-hydrogen) atoms. The minimum Gasteiger partial charge on any atom is -0.477 e. The molecule has 3 rings (SSSR count). The molecule has 3 aromatic rings. The molecule has 0 unspecified atom stereocenters. The van der Waals surface area contributed by atoms with Crippen molar-refractivity contribution in [1.82, 2.24) is 15.0 Å². The summed E-state index contributed by atoms with van der Waals surface area (Å²) in [6, 6.07) is 11.7. The van der Waals surface area contributed by atoms with Crippen molar-refractivity contribution >= 4 is 16.9 Å². The van der Waals surface area contributed by atoms with Crippen molar-refractivity contribution in [2.45, 2.75) is 12.8 Å². The summed E-state index contributed by atoms with van der Waals surface area (Å²) in [5.74, 6) is 0.783. The Morgan fingerprint density at radius 1 is 1.00 bits per heavy atom. The number of anilines is 1. The maximum Gasteiger partial charge on any atom is 0.226 e. The van der Waals surface area contributed by atoms with Crippen molar-refractivity contribution in [3.63, 3.8) is 0 Å². The van der Waals surface area contributed by atoms with Gasteiger partial charge < -0.3 is 10.5 Å². The molecule has 0 spiro atoms. The topological polar surface area (TPSA) is 73.9 Å². The number of ether oxygens (including phenoxy) is 1. The van der Waals surface area contributed by atoms with E-state index in [1.54, 1.807) is 12.4 Å².